The highest BCUT2D eigenvalue weighted by Crippen LogP contribution is 2.26. The molecule has 1 atom stereocenters. The van der Waals surface area contributed by atoms with Crippen LogP contribution in [0.3, 0.4) is 0 Å². The SMILES string of the molecule is COCCNC(=O)[C@@H](OC(=O)C1=Cc2ccccc2OC1)C(C)C. The topological polar surface area (TPSA) is 73.9 Å². The van der Waals surface area contributed by atoms with E-state index in [0.29, 0.717) is 18.7 Å². The van der Waals surface area contributed by atoms with E-state index in [1.807, 2.05) is 38.1 Å². The van der Waals surface area contributed by atoms with Gasteiger partial charge in [0.2, 0.25) is 0 Å². The highest BCUT2D eigenvalue weighted by molar-refractivity contribution is 5.97. The summed E-state index contributed by atoms with van der Waals surface area (Å²) in [5.74, 6) is -0.279. The van der Waals surface area contributed by atoms with Gasteiger partial charge in [-0.15, -0.1) is 0 Å². The molecule has 0 saturated heterocycles. The number of esters is 1. The number of ether oxygens (including phenoxy) is 3. The molecule has 1 aromatic carbocycles. The summed E-state index contributed by atoms with van der Waals surface area (Å²) in [5.41, 5.74) is 1.21. The lowest BCUT2D eigenvalue weighted by molar-refractivity contribution is -0.155. The van der Waals surface area contributed by atoms with Crippen molar-refractivity contribution in [3.63, 3.8) is 0 Å². The Balaban J connectivity index is 2.03. The lowest BCUT2D eigenvalue weighted by Crippen LogP contribution is -2.42. The molecule has 1 amide bonds. The van der Waals surface area contributed by atoms with Crippen LogP contribution in [0, 0.1) is 5.92 Å². The van der Waals surface area contributed by atoms with E-state index in [0.717, 1.165) is 11.3 Å². The summed E-state index contributed by atoms with van der Waals surface area (Å²) in [7, 11) is 1.56. The van der Waals surface area contributed by atoms with Crippen molar-refractivity contribution in [1.29, 1.82) is 0 Å². The fraction of sp³-hybridized carbons (Fsp3) is 0.444. The minimum Gasteiger partial charge on any atom is -0.488 e. The first-order chi connectivity index (χ1) is 11.5. The molecule has 0 saturated carbocycles. The molecule has 1 heterocycles. The molecule has 0 fully saturated rings. The Kier molecular flexibility index (Phi) is 6.37. The van der Waals surface area contributed by atoms with Crippen LogP contribution in [0.5, 0.6) is 5.75 Å². The summed E-state index contributed by atoms with van der Waals surface area (Å²) in [4.78, 5) is 24.6. The number of hydrogen-bond donors (Lipinski definition) is 1. The minimum atomic E-state index is -0.854. The van der Waals surface area contributed by atoms with E-state index in [1.165, 1.54) is 0 Å². The van der Waals surface area contributed by atoms with E-state index in [1.54, 1.807) is 13.2 Å². The Bertz CT molecular complexity index is 624. The lowest BCUT2D eigenvalue weighted by Gasteiger charge is -2.23. The zero-order chi connectivity index (χ0) is 17.5. The molecule has 6 nitrogen and oxygen atoms in total. The standard InChI is InChI=1S/C18H23NO5/c1-12(2)16(17(20)19-8-9-22-3)24-18(21)14-10-13-6-4-5-7-15(13)23-11-14/h4-7,10,12,16H,8-9,11H2,1-3H3,(H,19,20)/t16-/m0/s1. The molecule has 0 bridgehead atoms. The van der Waals surface area contributed by atoms with Gasteiger partial charge < -0.3 is 19.5 Å². The first-order valence-electron chi connectivity index (χ1n) is 7.93. The van der Waals surface area contributed by atoms with Gasteiger partial charge in [0.25, 0.3) is 5.91 Å². The third-order valence-electron chi connectivity index (χ3n) is 3.60. The quantitative estimate of drug-likeness (QED) is 0.608. The zero-order valence-corrected chi connectivity index (χ0v) is 14.2. The molecule has 24 heavy (non-hydrogen) atoms. The van der Waals surface area contributed by atoms with Gasteiger partial charge in [-0.25, -0.2) is 4.79 Å². The molecule has 0 unspecified atom stereocenters. The normalized spacial score (nSPS) is 14.2. The Labute approximate surface area is 141 Å². The summed E-state index contributed by atoms with van der Waals surface area (Å²) >= 11 is 0. The largest absolute Gasteiger partial charge is 0.488 e. The first-order valence-corrected chi connectivity index (χ1v) is 7.93. The van der Waals surface area contributed by atoms with E-state index in [2.05, 4.69) is 5.32 Å². The third kappa shape index (κ3) is 4.58. The maximum atomic E-state index is 12.4. The number of benzene rings is 1. The van der Waals surface area contributed by atoms with Gasteiger partial charge in [-0.05, 0) is 18.1 Å². The number of fused-ring (bicyclic) bond motifs is 1. The van der Waals surface area contributed by atoms with Crippen LogP contribution in [-0.4, -0.2) is 44.8 Å². The third-order valence-corrected chi connectivity index (χ3v) is 3.60. The molecule has 1 aromatic rings. The van der Waals surface area contributed by atoms with Crippen LogP contribution < -0.4 is 10.1 Å². The molecule has 130 valence electrons. The Morgan fingerprint density at radius 2 is 2.04 bits per heavy atom. The second-order valence-corrected chi connectivity index (χ2v) is 5.85. The second-order valence-electron chi connectivity index (χ2n) is 5.85. The van der Waals surface area contributed by atoms with Crippen LogP contribution in [0.4, 0.5) is 0 Å². The Morgan fingerprint density at radius 1 is 1.29 bits per heavy atom. The number of methoxy groups -OCH3 is 1. The number of nitrogens with one attached hydrogen (secondary N) is 1. The van der Waals surface area contributed by atoms with Gasteiger partial charge in [0, 0.05) is 19.2 Å². The van der Waals surface area contributed by atoms with Crippen molar-refractivity contribution in [2.45, 2.75) is 20.0 Å². The van der Waals surface area contributed by atoms with Gasteiger partial charge in [-0.2, -0.15) is 0 Å². The highest BCUT2D eigenvalue weighted by Gasteiger charge is 2.28. The van der Waals surface area contributed by atoms with Crippen molar-refractivity contribution in [1.82, 2.24) is 5.32 Å². The number of hydrogen-bond acceptors (Lipinski definition) is 5. The molecule has 1 aliphatic heterocycles. The van der Waals surface area contributed by atoms with Crippen molar-refractivity contribution in [3.8, 4) is 5.75 Å². The van der Waals surface area contributed by atoms with E-state index in [4.69, 9.17) is 14.2 Å². The minimum absolute atomic E-state index is 0.131. The van der Waals surface area contributed by atoms with Crippen LogP contribution in [-0.2, 0) is 19.1 Å². The van der Waals surface area contributed by atoms with Gasteiger partial charge in [0.1, 0.15) is 12.4 Å². The summed E-state index contributed by atoms with van der Waals surface area (Å²) in [5, 5.41) is 2.70. The number of amides is 1. The first kappa shape index (κ1) is 18.0. The fourth-order valence-electron chi connectivity index (χ4n) is 2.29. The molecular formula is C18H23NO5. The lowest BCUT2D eigenvalue weighted by atomic mass is 10.1. The van der Waals surface area contributed by atoms with Gasteiger partial charge in [0.15, 0.2) is 6.10 Å². The molecule has 2 rings (SSSR count). The molecule has 0 aromatic heterocycles. The molecule has 0 spiro atoms. The number of carbonyl (C=O) groups excluding carboxylic acids is 2. The highest BCUT2D eigenvalue weighted by atomic mass is 16.6. The van der Waals surface area contributed by atoms with Crippen LogP contribution in [0.1, 0.15) is 19.4 Å². The van der Waals surface area contributed by atoms with E-state index in [9.17, 15) is 9.59 Å². The van der Waals surface area contributed by atoms with Crippen LogP contribution in [0.25, 0.3) is 6.08 Å². The van der Waals surface area contributed by atoms with Crippen molar-refractivity contribution in [3.05, 3.63) is 35.4 Å². The van der Waals surface area contributed by atoms with Crippen molar-refractivity contribution >= 4 is 18.0 Å². The van der Waals surface area contributed by atoms with Crippen molar-refractivity contribution in [2.24, 2.45) is 5.92 Å². The molecule has 0 radical (unpaired) electrons. The average Bonchev–Trinajstić information content (AvgIpc) is 2.58. The van der Waals surface area contributed by atoms with Gasteiger partial charge >= 0.3 is 5.97 Å². The van der Waals surface area contributed by atoms with E-state index >= 15 is 0 Å². The molecule has 1 aliphatic rings. The van der Waals surface area contributed by atoms with Crippen LogP contribution in [0.15, 0.2) is 29.8 Å². The van der Waals surface area contributed by atoms with Gasteiger partial charge in [-0.3, -0.25) is 4.79 Å². The smallest absolute Gasteiger partial charge is 0.338 e. The molecule has 0 aliphatic carbocycles. The zero-order valence-electron chi connectivity index (χ0n) is 14.2. The predicted molar refractivity (Wildman–Crippen MR) is 89.5 cm³/mol. The summed E-state index contributed by atoms with van der Waals surface area (Å²) < 4.78 is 15.9. The van der Waals surface area contributed by atoms with E-state index < -0.39 is 12.1 Å². The predicted octanol–water partition coefficient (Wildman–Crippen LogP) is 1.79. The van der Waals surface area contributed by atoms with Crippen molar-refractivity contribution in [2.75, 3.05) is 26.9 Å². The number of rotatable bonds is 7. The van der Waals surface area contributed by atoms with Gasteiger partial charge in [0.05, 0.1) is 12.2 Å². The second kappa shape index (κ2) is 8.49. The number of carbonyl (C=O) groups is 2. The van der Waals surface area contributed by atoms with Crippen molar-refractivity contribution < 1.29 is 23.8 Å². The average molecular weight is 333 g/mol. The fourth-order valence-corrected chi connectivity index (χ4v) is 2.29. The van der Waals surface area contributed by atoms with Crippen LogP contribution in [0.2, 0.25) is 0 Å². The molecule has 1 N–H and O–H groups in total. The van der Waals surface area contributed by atoms with E-state index in [-0.39, 0.29) is 18.4 Å². The molecule has 6 heteroatoms. The number of para-hydroxylation sites is 1. The maximum absolute atomic E-state index is 12.4. The summed E-state index contributed by atoms with van der Waals surface area (Å²) in [6.07, 6.45) is 0.883. The van der Waals surface area contributed by atoms with Gasteiger partial charge in [-0.1, -0.05) is 32.0 Å². The Morgan fingerprint density at radius 3 is 2.75 bits per heavy atom. The summed E-state index contributed by atoms with van der Waals surface area (Å²) in [6.45, 7) is 4.56. The monoisotopic (exact) mass is 333 g/mol. The summed E-state index contributed by atoms with van der Waals surface area (Å²) in [6, 6.07) is 7.44. The van der Waals surface area contributed by atoms with Crippen LogP contribution >= 0.6 is 0 Å². The Hall–Kier alpha value is -2.34. The molecular weight excluding hydrogens is 310 g/mol. The maximum Gasteiger partial charge on any atom is 0.338 e.